The molecular formula is C11H20N4O2. The lowest BCUT2D eigenvalue weighted by atomic mass is 9.78. The normalized spacial score (nSPS) is 27.7. The minimum Gasteiger partial charge on any atom is -0.399 e. The van der Waals surface area contributed by atoms with Crippen LogP contribution < -0.4 is 22.3 Å². The van der Waals surface area contributed by atoms with Crippen LogP contribution in [0.25, 0.3) is 0 Å². The largest absolute Gasteiger partial charge is 0.399 e. The SMILES string of the molecule is CNOCCNC(=O)C1(C)C=CC(N)=CC1N. The Kier molecular flexibility index (Phi) is 4.68. The van der Waals surface area contributed by atoms with Crippen LogP contribution in [-0.4, -0.2) is 32.1 Å². The quantitative estimate of drug-likeness (QED) is 0.364. The molecule has 6 N–H and O–H groups in total. The standard InChI is InChI=1S/C11H20N4O2/c1-11(4-3-8(12)7-9(11)13)10(16)15-5-6-17-14-2/h3-4,7,9,14H,5-6,12-13H2,1-2H3,(H,15,16). The summed E-state index contributed by atoms with van der Waals surface area (Å²) in [6.07, 6.45) is 5.12. The lowest BCUT2D eigenvalue weighted by Crippen LogP contribution is -2.50. The summed E-state index contributed by atoms with van der Waals surface area (Å²) in [5.74, 6) is -0.135. The van der Waals surface area contributed by atoms with E-state index in [2.05, 4.69) is 10.8 Å². The van der Waals surface area contributed by atoms with Crippen molar-refractivity contribution in [1.29, 1.82) is 0 Å². The fourth-order valence-corrected chi connectivity index (χ4v) is 1.55. The van der Waals surface area contributed by atoms with Gasteiger partial charge in [-0.25, -0.2) is 5.48 Å². The van der Waals surface area contributed by atoms with Gasteiger partial charge in [-0.3, -0.25) is 4.79 Å². The minimum absolute atomic E-state index is 0.135. The summed E-state index contributed by atoms with van der Waals surface area (Å²) in [5, 5.41) is 2.77. The number of carbonyl (C=O) groups is 1. The Morgan fingerprint density at radius 1 is 1.65 bits per heavy atom. The molecule has 6 nitrogen and oxygen atoms in total. The molecule has 0 fully saturated rings. The van der Waals surface area contributed by atoms with Gasteiger partial charge in [0, 0.05) is 25.3 Å². The van der Waals surface area contributed by atoms with Crippen LogP contribution in [-0.2, 0) is 9.63 Å². The van der Waals surface area contributed by atoms with Gasteiger partial charge in [-0.05, 0) is 19.1 Å². The van der Waals surface area contributed by atoms with Crippen molar-refractivity contribution in [1.82, 2.24) is 10.8 Å². The molecule has 2 atom stereocenters. The van der Waals surface area contributed by atoms with E-state index < -0.39 is 11.5 Å². The Bertz CT molecular complexity index is 340. The highest BCUT2D eigenvalue weighted by atomic mass is 16.6. The Hall–Kier alpha value is -1.37. The van der Waals surface area contributed by atoms with E-state index in [4.69, 9.17) is 16.3 Å². The average molecular weight is 240 g/mol. The highest BCUT2D eigenvalue weighted by Gasteiger charge is 2.37. The van der Waals surface area contributed by atoms with Gasteiger partial charge in [-0.2, -0.15) is 0 Å². The molecule has 1 aliphatic carbocycles. The molecule has 0 bridgehead atoms. The molecule has 0 heterocycles. The molecule has 0 saturated heterocycles. The zero-order chi connectivity index (χ0) is 12.9. The number of hydrogen-bond donors (Lipinski definition) is 4. The maximum atomic E-state index is 12.0. The Morgan fingerprint density at radius 3 is 2.94 bits per heavy atom. The second-order valence-corrected chi connectivity index (χ2v) is 4.12. The third kappa shape index (κ3) is 3.29. The molecule has 1 rings (SSSR count). The van der Waals surface area contributed by atoms with Crippen molar-refractivity contribution in [3.8, 4) is 0 Å². The molecule has 2 unspecified atom stereocenters. The first-order valence-electron chi connectivity index (χ1n) is 5.49. The number of allylic oxidation sites excluding steroid dienone is 1. The van der Waals surface area contributed by atoms with Gasteiger partial charge < -0.3 is 21.6 Å². The molecule has 0 aromatic heterocycles. The zero-order valence-electron chi connectivity index (χ0n) is 10.2. The first-order chi connectivity index (χ1) is 8.00. The number of amides is 1. The van der Waals surface area contributed by atoms with Crippen molar-refractivity contribution in [2.75, 3.05) is 20.2 Å². The fraction of sp³-hybridized carbons (Fsp3) is 0.545. The van der Waals surface area contributed by atoms with Gasteiger partial charge in [-0.15, -0.1) is 0 Å². The van der Waals surface area contributed by atoms with E-state index in [0.717, 1.165) is 0 Å². The van der Waals surface area contributed by atoms with E-state index in [1.807, 2.05) is 0 Å². The number of nitrogens with two attached hydrogens (primary N) is 2. The van der Waals surface area contributed by atoms with Crippen molar-refractivity contribution in [3.63, 3.8) is 0 Å². The molecule has 1 amide bonds. The molecular weight excluding hydrogens is 220 g/mol. The molecule has 0 aliphatic heterocycles. The van der Waals surface area contributed by atoms with Crippen molar-refractivity contribution < 1.29 is 9.63 Å². The second kappa shape index (κ2) is 5.81. The summed E-state index contributed by atoms with van der Waals surface area (Å²) < 4.78 is 0. The van der Waals surface area contributed by atoms with Crippen LogP contribution in [0.1, 0.15) is 6.92 Å². The van der Waals surface area contributed by atoms with Crippen LogP contribution in [0.15, 0.2) is 23.9 Å². The Labute approximate surface area is 101 Å². The summed E-state index contributed by atoms with van der Waals surface area (Å²) in [5.41, 5.74) is 13.9. The lowest BCUT2D eigenvalue weighted by Gasteiger charge is -2.32. The van der Waals surface area contributed by atoms with Crippen LogP contribution in [0.2, 0.25) is 0 Å². The highest BCUT2D eigenvalue weighted by Crippen LogP contribution is 2.27. The van der Waals surface area contributed by atoms with Crippen molar-refractivity contribution in [3.05, 3.63) is 23.9 Å². The maximum Gasteiger partial charge on any atom is 0.231 e. The average Bonchev–Trinajstić information content (AvgIpc) is 2.29. The van der Waals surface area contributed by atoms with Gasteiger partial charge in [0.05, 0.1) is 12.0 Å². The van der Waals surface area contributed by atoms with Crippen molar-refractivity contribution in [2.45, 2.75) is 13.0 Å². The summed E-state index contributed by atoms with van der Waals surface area (Å²) in [4.78, 5) is 16.9. The predicted octanol–water partition coefficient (Wildman–Crippen LogP) is -1.00. The number of hydroxylamine groups is 1. The van der Waals surface area contributed by atoms with E-state index in [-0.39, 0.29) is 5.91 Å². The fourth-order valence-electron chi connectivity index (χ4n) is 1.55. The van der Waals surface area contributed by atoms with E-state index in [1.165, 1.54) is 0 Å². The molecule has 1 aliphatic rings. The van der Waals surface area contributed by atoms with E-state index in [0.29, 0.717) is 18.8 Å². The first-order valence-corrected chi connectivity index (χ1v) is 5.49. The van der Waals surface area contributed by atoms with E-state index in [1.54, 1.807) is 32.2 Å². The Morgan fingerprint density at radius 2 is 2.35 bits per heavy atom. The Balaban J connectivity index is 2.54. The van der Waals surface area contributed by atoms with Gasteiger partial charge in [0.1, 0.15) is 0 Å². The van der Waals surface area contributed by atoms with Gasteiger partial charge in [0.2, 0.25) is 5.91 Å². The molecule has 96 valence electrons. The van der Waals surface area contributed by atoms with Gasteiger partial charge in [-0.1, -0.05) is 6.08 Å². The summed E-state index contributed by atoms with van der Waals surface area (Å²) in [6.45, 7) is 2.61. The number of hydrogen-bond acceptors (Lipinski definition) is 5. The topological polar surface area (TPSA) is 102 Å². The second-order valence-electron chi connectivity index (χ2n) is 4.12. The smallest absolute Gasteiger partial charge is 0.231 e. The molecule has 0 spiro atoms. The lowest BCUT2D eigenvalue weighted by molar-refractivity contribution is -0.128. The van der Waals surface area contributed by atoms with Gasteiger partial charge in [0.15, 0.2) is 0 Å². The number of nitrogens with one attached hydrogen (secondary N) is 2. The molecule has 6 heteroatoms. The molecule has 0 radical (unpaired) electrons. The third-order valence-electron chi connectivity index (χ3n) is 2.81. The molecule has 0 saturated carbocycles. The summed E-state index contributed by atoms with van der Waals surface area (Å²) >= 11 is 0. The third-order valence-corrected chi connectivity index (χ3v) is 2.81. The summed E-state index contributed by atoms with van der Waals surface area (Å²) in [7, 11) is 1.66. The number of carbonyl (C=O) groups excluding carboxylic acids is 1. The van der Waals surface area contributed by atoms with Crippen molar-refractivity contribution >= 4 is 5.91 Å². The zero-order valence-corrected chi connectivity index (χ0v) is 10.2. The first kappa shape index (κ1) is 13.7. The highest BCUT2D eigenvalue weighted by molar-refractivity contribution is 5.86. The van der Waals surface area contributed by atoms with E-state index >= 15 is 0 Å². The van der Waals surface area contributed by atoms with Crippen LogP contribution in [0.3, 0.4) is 0 Å². The van der Waals surface area contributed by atoms with Crippen LogP contribution in [0.4, 0.5) is 0 Å². The molecule has 17 heavy (non-hydrogen) atoms. The van der Waals surface area contributed by atoms with Crippen molar-refractivity contribution in [2.24, 2.45) is 16.9 Å². The van der Waals surface area contributed by atoms with Crippen LogP contribution in [0.5, 0.6) is 0 Å². The van der Waals surface area contributed by atoms with E-state index in [9.17, 15) is 4.79 Å². The monoisotopic (exact) mass is 240 g/mol. The maximum absolute atomic E-state index is 12.0. The molecule has 0 aromatic carbocycles. The molecule has 0 aromatic rings. The predicted molar refractivity (Wildman–Crippen MR) is 65.5 cm³/mol. The number of rotatable bonds is 5. The van der Waals surface area contributed by atoms with Crippen LogP contribution >= 0.6 is 0 Å². The minimum atomic E-state index is -0.761. The van der Waals surface area contributed by atoms with Gasteiger partial charge in [0.25, 0.3) is 0 Å². The summed E-state index contributed by atoms with van der Waals surface area (Å²) in [6, 6.07) is -0.419. The van der Waals surface area contributed by atoms with Gasteiger partial charge >= 0.3 is 0 Å². The van der Waals surface area contributed by atoms with Crippen LogP contribution in [0, 0.1) is 5.41 Å².